The predicted molar refractivity (Wildman–Crippen MR) is 165 cm³/mol. The zero-order chi connectivity index (χ0) is 29.3. The topological polar surface area (TPSA) is 144 Å². The lowest BCUT2D eigenvalue weighted by molar-refractivity contribution is 0.589. The SMILES string of the molecule is Cn1c2nc(C(c3cccc4[nH]ncc34)S(=O)(=O)c3ccccc3)sc2c2cnn(Cc3cccc4[nH]ncc34)c(=O)c21. The summed E-state index contributed by atoms with van der Waals surface area (Å²) in [5, 5.41) is 20.2. The van der Waals surface area contributed by atoms with Crippen LogP contribution in [0.3, 0.4) is 0 Å². The van der Waals surface area contributed by atoms with E-state index in [-0.39, 0.29) is 17.0 Å². The molecular formula is C30H22N8O3S2. The summed E-state index contributed by atoms with van der Waals surface area (Å²) >= 11 is 1.26. The van der Waals surface area contributed by atoms with Crippen molar-refractivity contribution in [3.8, 4) is 0 Å². The molecule has 0 saturated heterocycles. The number of fused-ring (bicyclic) bond motifs is 5. The molecule has 1 unspecified atom stereocenters. The standard InChI is InChI=1S/C30H22N8O3S2/c1-37-25-22(15-33-38(30(25)39)16-17-7-5-11-23-20(17)13-31-35-23)26-28(37)34-29(42-26)27(43(40,41)18-8-3-2-4-9-18)19-10-6-12-24-21(19)14-32-36-24/h2-15,27H,16H2,1H3,(H,31,35)(H,32,36). The minimum Gasteiger partial charge on any atom is -0.323 e. The van der Waals surface area contributed by atoms with Crippen LogP contribution in [0.25, 0.3) is 43.1 Å². The summed E-state index contributed by atoms with van der Waals surface area (Å²) in [6.07, 6.45) is 5.04. The van der Waals surface area contributed by atoms with E-state index in [0.717, 1.165) is 22.0 Å². The third-order valence-electron chi connectivity index (χ3n) is 7.84. The summed E-state index contributed by atoms with van der Waals surface area (Å²) < 4.78 is 32.4. The van der Waals surface area contributed by atoms with Crippen molar-refractivity contribution in [3.05, 3.63) is 112 Å². The number of aryl methyl sites for hydroxylation is 1. The second-order valence-electron chi connectivity index (χ2n) is 10.3. The minimum absolute atomic E-state index is 0.196. The molecule has 0 saturated carbocycles. The Balaban J connectivity index is 1.30. The number of aromatic nitrogens is 8. The average molecular weight is 607 g/mol. The molecule has 11 nitrogen and oxygen atoms in total. The summed E-state index contributed by atoms with van der Waals surface area (Å²) in [5.74, 6) is 0. The van der Waals surface area contributed by atoms with Crippen LogP contribution in [0.2, 0.25) is 0 Å². The van der Waals surface area contributed by atoms with Crippen LogP contribution in [0.4, 0.5) is 0 Å². The van der Waals surface area contributed by atoms with Gasteiger partial charge in [0, 0.05) is 23.2 Å². The molecule has 1 atom stereocenters. The van der Waals surface area contributed by atoms with Crippen LogP contribution in [0.5, 0.6) is 0 Å². The molecule has 0 fully saturated rings. The summed E-state index contributed by atoms with van der Waals surface area (Å²) in [5.41, 5.74) is 3.82. The zero-order valence-electron chi connectivity index (χ0n) is 22.6. The highest BCUT2D eigenvalue weighted by Crippen LogP contribution is 2.42. The summed E-state index contributed by atoms with van der Waals surface area (Å²) in [4.78, 5) is 18.8. The van der Waals surface area contributed by atoms with Gasteiger partial charge in [-0.1, -0.05) is 42.5 Å². The van der Waals surface area contributed by atoms with Gasteiger partial charge in [0.15, 0.2) is 15.5 Å². The lowest BCUT2D eigenvalue weighted by Gasteiger charge is -2.17. The number of thiazole rings is 1. The van der Waals surface area contributed by atoms with Gasteiger partial charge in [-0.25, -0.2) is 18.1 Å². The smallest absolute Gasteiger partial charge is 0.291 e. The molecule has 8 rings (SSSR count). The van der Waals surface area contributed by atoms with E-state index in [1.165, 1.54) is 16.0 Å². The molecule has 3 aromatic carbocycles. The Kier molecular flexibility index (Phi) is 5.61. The van der Waals surface area contributed by atoms with E-state index in [4.69, 9.17) is 4.98 Å². The van der Waals surface area contributed by atoms with Crippen molar-refractivity contribution in [1.82, 2.24) is 39.7 Å². The van der Waals surface area contributed by atoms with Crippen molar-refractivity contribution in [2.45, 2.75) is 16.7 Å². The van der Waals surface area contributed by atoms with Crippen LogP contribution in [0.1, 0.15) is 21.4 Å². The fourth-order valence-electron chi connectivity index (χ4n) is 5.76. The molecule has 5 heterocycles. The van der Waals surface area contributed by atoms with Gasteiger partial charge in [0.05, 0.1) is 45.8 Å². The second kappa shape index (κ2) is 9.44. The zero-order valence-corrected chi connectivity index (χ0v) is 24.2. The van der Waals surface area contributed by atoms with Crippen molar-refractivity contribution in [3.63, 3.8) is 0 Å². The lowest BCUT2D eigenvalue weighted by Crippen LogP contribution is -2.24. The monoisotopic (exact) mass is 606 g/mol. The Hall–Kier alpha value is -5.14. The highest BCUT2D eigenvalue weighted by molar-refractivity contribution is 7.92. The molecule has 13 heteroatoms. The first kappa shape index (κ1) is 25.6. The second-order valence-corrected chi connectivity index (χ2v) is 13.4. The average Bonchev–Trinajstić information content (AvgIpc) is 3.81. The van der Waals surface area contributed by atoms with Gasteiger partial charge >= 0.3 is 0 Å². The summed E-state index contributed by atoms with van der Waals surface area (Å²) in [6, 6.07) is 19.6. The Bertz CT molecular complexity index is 2510. The van der Waals surface area contributed by atoms with Crippen molar-refractivity contribution < 1.29 is 8.42 Å². The number of aromatic amines is 2. The third-order valence-corrected chi connectivity index (χ3v) is 11.2. The molecule has 0 spiro atoms. The van der Waals surface area contributed by atoms with Crippen LogP contribution in [0.15, 0.2) is 95.0 Å². The van der Waals surface area contributed by atoms with Gasteiger partial charge in [-0.05, 0) is 35.4 Å². The molecule has 0 aliphatic carbocycles. The number of rotatable bonds is 6. The number of hydrogen-bond donors (Lipinski definition) is 2. The minimum atomic E-state index is -3.92. The molecule has 0 radical (unpaired) electrons. The number of hydrogen-bond acceptors (Lipinski definition) is 8. The Morgan fingerprint density at radius 2 is 1.58 bits per heavy atom. The molecule has 0 bridgehead atoms. The largest absolute Gasteiger partial charge is 0.323 e. The van der Waals surface area contributed by atoms with Crippen molar-refractivity contribution >= 4 is 64.2 Å². The number of sulfone groups is 1. The molecule has 5 aromatic heterocycles. The van der Waals surface area contributed by atoms with Crippen LogP contribution in [-0.2, 0) is 23.4 Å². The van der Waals surface area contributed by atoms with Gasteiger partial charge in [0.25, 0.3) is 5.56 Å². The first-order valence-corrected chi connectivity index (χ1v) is 15.7. The maximum atomic E-state index is 14.2. The normalized spacial score (nSPS) is 13.0. The quantitative estimate of drug-likeness (QED) is 0.279. The number of nitrogens with one attached hydrogen (secondary N) is 2. The molecule has 0 amide bonds. The molecule has 8 aromatic rings. The Labute approximate surface area is 247 Å². The molecule has 2 N–H and O–H groups in total. The van der Waals surface area contributed by atoms with Crippen LogP contribution < -0.4 is 5.56 Å². The first-order chi connectivity index (χ1) is 20.9. The van der Waals surface area contributed by atoms with Crippen LogP contribution in [-0.4, -0.2) is 48.1 Å². The fourth-order valence-corrected chi connectivity index (χ4v) is 9.06. The number of nitrogens with zero attached hydrogens (tertiary/aromatic N) is 6. The van der Waals surface area contributed by atoms with Crippen LogP contribution >= 0.6 is 11.3 Å². The number of H-pyrrole nitrogens is 2. The number of benzene rings is 3. The molecule has 43 heavy (non-hydrogen) atoms. The van der Waals surface area contributed by atoms with Gasteiger partial charge in [-0.2, -0.15) is 15.3 Å². The maximum absolute atomic E-state index is 14.2. The van der Waals surface area contributed by atoms with E-state index in [0.29, 0.717) is 37.2 Å². The van der Waals surface area contributed by atoms with E-state index in [1.54, 1.807) is 66.6 Å². The van der Waals surface area contributed by atoms with E-state index in [9.17, 15) is 13.2 Å². The van der Waals surface area contributed by atoms with Gasteiger partial charge in [0.1, 0.15) is 15.8 Å². The highest BCUT2D eigenvalue weighted by atomic mass is 32.2. The van der Waals surface area contributed by atoms with Gasteiger partial charge < -0.3 is 4.57 Å². The fraction of sp³-hybridized carbons (Fsp3) is 0.100. The first-order valence-electron chi connectivity index (χ1n) is 13.4. The highest BCUT2D eigenvalue weighted by Gasteiger charge is 2.36. The summed E-state index contributed by atoms with van der Waals surface area (Å²) in [7, 11) is -2.15. The molecule has 212 valence electrons. The van der Waals surface area contributed by atoms with Crippen molar-refractivity contribution in [1.29, 1.82) is 0 Å². The molecule has 0 aliphatic rings. The van der Waals surface area contributed by atoms with Crippen molar-refractivity contribution in [2.24, 2.45) is 7.05 Å². The third kappa shape index (κ3) is 3.85. The van der Waals surface area contributed by atoms with E-state index in [1.807, 2.05) is 30.3 Å². The lowest BCUT2D eigenvalue weighted by atomic mass is 10.1. The Morgan fingerprint density at radius 1 is 0.860 bits per heavy atom. The summed E-state index contributed by atoms with van der Waals surface area (Å²) in [6.45, 7) is 0.273. The van der Waals surface area contributed by atoms with Crippen LogP contribution in [0, 0.1) is 0 Å². The van der Waals surface area contributed by atoms with E-state index < -0.39 is 15.1 Å². The Morgan fingerprint density at radius 3 is 2.37 bits per heavy atom. The predicted octanol–water partition coefficient (Wildman–Crippen LogP) is 4.71. The maximum Gasteiger partial charge on any atom is 0.291 e. The molecule has 0 aliphatic heterocycles. The van der Waals surface area contributed by atoms with Gasteiger partial charge in [0.2, 0.25) is 0 Å². The van der Waals surface area contributed by atoms with E-state index in [2.05, 4.69) is 25.5 Å². The van der Waals surface area contributed by atoms with E-state index >= 15 is 0 Å². The van der Waals surface area contributed by atoms with Gasteiger partial charge in [-0.3, -0.25) is 15.0 Å². The van der Waals surface area contributed by atoms with Gasteiger partial charge in [-0.15, -0.1) is 11.3 Å². The molecular weight excluding hydrogens is 585 g/mol. The van der Waals surface area contributed by atoms with Crippen molar-refractivity contribution in [2.75, 3.05) is 0 Å².